The third-order valence-electron chi connectivity index (χ3n) is 1.00. The van der Waals surface area contributed by atoms with E-state index in [1.165, 1.54) is 11.8 Å². The van der Waals surface area contributed by atoms with E-state index >= 15 is 0 Å². The maximum Gasteiger partial charge on any atom is 0.159 e. The van der Waals surface area contributed by atoms with Crippen LogP contribution in [-0.4, -0.2) is 15.4 Å². The lowest BCUT2D eigenvalue weighted by Gasteiger charge is -2.01. The Morgan fingerprint density at radius 2 is 2.56 bits per heavy atom. The lowest BCUT2D eigenvalue weighted by molar-refractivity contribution is 0.300. The fourth-order valence-electron chi connectivity index (χ4n) is 0.606. The molecular formula is C5H6Cl2OS. The van der Waals surface area contributed by atoms with Crippen molar-refractivity contribution in [3.05, 3.63) is 11.0 Å². The molecule has 0 aromatic carbocycles. The maximum absolute atomic E-state index is 8.79. The van der Waals surface area contributed by atoms with Gasteiger partial charge in [0.2, 0.25) is 0 Å². The minimum Gasteiger partial charge on any atom is -0.373 e. The summed E-state index contributed by atoms with van der Waals surface area (Å²) in [5, 5.41) is 8.79. The molecular weight excluding hydrogens is 179 g/mol. The predicted octanol–water partition coefficient (Wildman–Crippen LogP) is 2.13. The molecule has 9 heavy (non-hydrogen) atoms. The van der Waals surface area contributed by atoms with Crippen molar-refractivity contribution in [3.63, 3.8) is 0 Å². The van der Waals surface area contributed by atoms with E-state index in [9.17, 15) is 0 Å². The van der Waals surface area contributed by atoms with Gasteiger partial charge in [-0.2, -0.15) is 0 Å². The average Bonchev–Trinajstić information content (AvgIpc) is 2.14. The summed E-state index contributed by atoms with van der Waals surface area (Å²) in [6, 6.07) is 0. The van der Waals surface area contributed by atoms with Crippen molar-refractivity contribution in [1.29, 1.82) is 0 Å². The fraction of sp³-hybridized carbons (Fsp3) is 0.600. The summed E-state index contributed by atoms with van der Waals surface area (Å²) in [7, 11) is 0. The zero-order valence-electron chi connectivity index (χ0n) is 4.55. The molecule has 1 N–H and O–H groups in total. The molecule has 0 radical (unpaired) electrons. The van der Waals surface area contributed by atoms with E-state index in [1.54, 1.807) is 0 Å². The van der Waals surface area contributed by atoms with Crippen molar-refractivity contribution in [2.75, 3.05) is 0 Å². The molecule has 2 atom stereocenters. The van der Waals surface area contributed by atoms with E-state index in [0.29, 0.717) is 0 Å². The number of aliphatic hydroxyl groups excluding tert-OH is 1. The van der Waals surface area contributed by atoms with Gasteiger partial charge in [0.15, 0.2) is 5.56 Å². The largest absolute Gasteiger partial charge is 0.373 e. The number of halogens is 2. The molecule has 0 saturated carbocycles. The van der Waals surface area contributed by atoms with Crippen molar-refractivity contribution in [3.8, 4) is 0 Å². The fourth-order valence-corrected chi connectivity index (χ4v) is 2.04. The first-order valence-electron chi connectivity index (χ1n) is 2.53. The van der Waals surface area contributed by atoms with Gasteiger partial charge in [0.25, 0.3) is 0 Å². The Labute approximate surface area is 68.0 Å². The van der Waals surface area contributed by atoms with Crippen LogP contribution in [0, 0.1) is 0 Å². The SMILES string of the molecule is OC(Cl)C1=CCC(Cl)S1. The molecule has 1 nitrogen and oxygen atoms in total. The number of hydrogen-bond acceptors (Lipinski definition) is 2. The van der Waals surface area contributed by atoms with E-state index in [2.05, 4.69) is 0 Å². The molecule has 2 unspecified atom stereocenters. The maximum atomic E-state index is 8.79. The van der Waals surface area contributed by atoms with Gasteiger partial charge in [-0.3, -0.25) is 0 Å². The van der Waals surface area contributed by atoms with Gasteiger partial charge in [0.05, 0.1) is 4.71 Å². The van der Waals surface area contributed by atoms with Crippen LogP contribution in [0.2, 0.25) is 0 Å². The van der Waals surface area contributed by atoms with Crippen molar-refractivity contribution in [1.82, 2.24) is 0 Å². The van der Waals surface area contributed by atoms with Crippen LogP contribution in [0.15, 0.2) is 11.0 Å². The third kappa shape index (κ3) is 2.04. The Morgan fingerprint density at radius 1 is 1.89 bits per heavy atom. The third-order valence-corrected chi connectivity index (χ3v) is 2.92. The normalized spacial score (nSPS) is 30.1. The van der Waals surface area contributed by atoms with Gasteiger partial charge >= 0.3 is 0 Å². The highest BCUT2D eigenvalue weighted by molar-refractivity contribution is 8.05. The predicted molar refractivity (Wildman–Crippen MR) is 41.8 cm³/mol. The second-order valence-corrected chi connectivity index (χ2v) is 4.18. The molecule has 4 heteroatoms. The first kappa shape index (κ1) is 7.73. The van der Waals surface area contributed by atoms with Crippen LogP contribution in [0.25, 0.3) is 0 Å². The topological polar surface area (TPSA) is 20.2 Å². The molecule has 0 bridgehead atoms. The Bertz CT molecular complexity index is 135. The summed E-state index contributed by atoms with van der Waals surface area (Å²) in [6.07, 6.45) is 2.66. The Kier molecular flexibility index (Phi) is 2.71. The zero-order valence-corrected chi connectivity index (χ0v) is 6.88. The molecule has 0 aliphatic carbocycles. The molecule has 0 spiro atoms. The molecule has 0 fully saturated rings. The summed E-state index contributed by atoms with van der Waals surface area (Å²) >= 11 is 12.5. The molecule has 0 aromatic heterocycles. The summed E-state index contributed by atoms with van der Waals surface area (Å²) in [5.41, 5.74) is -0.862. The van der Waals surface area contributed by atoms with Crippen LogP contribution in [0.1, 0.15) is 6.42 Å². The van der Waals surface area contributed by atoms with Crippen LogP contribution >= 0.6 is 35.0 Å². The van der Waals surface area contributed by atoms with Crippen molar-refractivity contribution >= 4 is 35.0 Å². The van der Waals surface area contributed by atoms with E-state index in [4.69, 9.17) is 28.3 Å². The molecule has 1 aliphatic rings. The van der Waals surface area contributed by atoms with Gasteiger partial charge < -0.3 is 5.11 Å². The van der Waals surface area contributed by atoms with Gasteiger partial charge in [-0.05, 0) is 6.42 Å². The van der Waals surface area contributed by atoms with E-state index in [1.807, 2.05) is 6.08 Å². The molecule has 52 valence electrons. The van der Waals surface area contributed by atoms with Gasteiger partial charge in [0, 0.05) is 4.91 Å². The lowest BCUT2D eigenvalue weighted by atomic mass is 10.4. The molecule has 1 heterocycles. The lowest BCUT2D eigenvalue weighted by Crippen LogP contribution is -1.94. The number of rotatable bonds is 1. The first-order chi connectivity index (χ1) is 4.20. The highest BCUT2D eigenvalue weighted by atomic mass is 35.5. The number of aliphatic hydroxyl groups is 1. The van der Waals surface area contributed by atoms with Crippen LogP contribution < -0.4 is 0 Å². The molecule has 0 amide bonds. The summed E-state index contributed by atoms with van der Waals surface area (Å²) in [5.74, 6) is 0. The Hall–Kier alpha value is 0.630. The van der Waals surface area contributed by atoms with Crippen LogP contribution in [0.5, 0.6) is 0 Å². The van der Waals surface area contributed by atoms with Gasteiger partial charge in [-0.25, -0.2) is 0 Å². The quantitative estimate of drug-likeness (QED) is 0.631. The van der Waals surface area contributed by atoms with Crippen LogP contribution in [-0.2, 0) is 0 Å². The van der Waals surface area contributed by atoms with Gasteiger partial charge in [0.1, 0.15) is 0 Å². The second-order valence-electron chi connectivity index (χ2n) is 1.71. The molecule has 1 aliphatic heterocycles. The smallest absolute Gasteiger partial charge is 0.159 e. The number of alkyl halides is 2. The minimum atomic E-state index is -0.862. The minimum absolute atomic E-state index is 0.0633. The van der Waals surface area contributed by atoms with Crippen LogP contribution in [0.4, 0.5) is 0 Å². The van der Waals surface area contributed by atoms with E-state index < -0.39 is 5.56 Å². The van der Waals surface area contributed by atoms with E-state index in [0.717, 1.165) is 11.3 Å². The summed E-state index contributed by atoms with van der Waals surface area (Å²) in [6.45, 7) is 0. The highest BCUT2D eigenvalue weighted by Gasteiger charge is 2.18. The first-order valence-corrected chi connectivity index (χ1v) is 4.28. The second kappa shape index (κ2) is 3.15. The van der Waals surface area contributed by atoms with Crippen molar-refractivity contribution in [2.45, 2.75) is 16.7 Å². The van der Waals surface area contributed by atoms with Crippen LogP contribution in [0.3, 0.4) is 0 Å². The van der Waals surface area contributed by atoms with Gasteiger partial charge in [-0.15, -0.1) is 23.4 Å². The average molecular weight is 185 g/mol. The number of thioether (sulfide) groups is 1. The summed E-state index contributed by atoms with van der Waals surface area (Å²) < 4.78 is 0.0633. The zero-order chi connectivity index (χ0) is 6.85. The van der Waals surface area contributed by atoms with Crippen molar-refractivity contribution < 1.29 is 5.11 Å². The van der Waals surface area contributed by atoms with Gasteiger partial charge in [-0.1, -0.05) is 17.7 Å². The molecule has 0 saturated heterocycles. The Balaban J connectivity index is 2.45. The highest BCUT2D eigenvalue weighted by Crippen LogP contribution is 2.37. The van der Waals surface area contributed by atoms with E-state index in [-0.39, 0.29) is 4.71 Å². The molecule has 1 rings (SSSR count). The Morgan fingerprint density at radius 3 is 2.78 bits per heavy atom. The standard InChI is InChI=1S/C5H6Cl2OS/c6-4-2-1-3(9-4)5(7)8/h1,4-5,8H,2H2. The monoisotopic (exact) mass is 184 g/mol. The van der Waals surface area contributed by atoms with Crippen molar-refractivity contribution in [2.24, 2.45) is 0 Å². The summed E-state index contributed by atoms with van der Waals surface area (Å²) in [4.78, 5) is 0.775. The molecule has 0 aromatic rings. The number of allylic oxidation sites excluding steroid dienone is 1. The number of hydrogen-bond donors (Lipinski definition) is 1.